The zero-order valence-electron chi connectivity index (χ0n) is 15.0. The molecule has 0 bridgehead atoms. The van der Waals surface area contributed by atoms with E-state index in [-0.39, 0.29) is 11.8 Å². The first kappa shape index (κ1) is 17.6. The lowest BCUT2D eigenvalue weighted by atomic mass is 9.87. The Morgan fingerprint density at radius 3 is 2.63 bits per heavy atom. The second-order valence-electron chi connectivity index (χ2n) is 6.56. The number of anilines is 1. The maximum absolute atomic E-state index is 12.4. The Kier molecular flexibility index (Phi) is 4.86. The van der Waals surface area contributed by atoms with Crippen LogP contribution in [0.1, 0.15) is 36.8 Å². The highest BCUT2D eigenvalue weighted by Gasteiger charge is 2.30. The van der Waals surface area contributed by atoms with Gasteiger partial charge < -0.3 is 10.1 Å². The molecule has 1 N–H and O–H groups in total. The topological polar surface area (TPSA) is 56.1 Å². The molecule has 5 nitrogen and oxygen atoms in total. The van der Waals surface area contributed by atoms with E-state index in [4.69, 9.17) is 16.3 Å². The number of carbonyl (C=O) groups is 1. The van der Waals surface area contributed by atoms with Crippen molar-refractivity contribution in [3.8, 4) is 11.4 Å². The number of benzene rings is 2. The average molecular weight is 382 g/mol. The fourth-order valence-corrected chi connectivity index (χ4v) is 3.44. The van der Waals surface area contributed by atoms with Gasteiger partial charge in [0.05, 0.1) is 18.5 Å². The Hall–Kier alpha value is -2.79. The summed E-state index contributed by atoms with van der Waals surface area (Å²) >= 11 is 5.98. The van der Waals surface area contributed by atoms with E-state index in [9.17, 15) is 4.79 Å². The summed E-state index contributed by atoms with van der Waals surface area (Å²) in [5.41, 5.74) is 2.93. The van der Waals surface area contributed by atoms with E-state index in [1.165, 1.54) is 0 Å². The number of fused-ring (bicyclic) bond motifs is 1. The molecule has 1 atom stereocenters. The predicted molar refractivity (Wildman–Crippen MR) is 106 cm³/mol. The number of halogens is 1. The van der Waals surface area contributed by atoms with Crippen LogP contribution in [0.2, 0.25) is 5.02 Å². The number of rotatable bonds is 5. The zero-order chi connectivity index (χ0) is 18.8. The smallest absolute Gasteiger partial charge is 0.226 e. The molecule has 1 aliphatic heterocycles. The molecule has 4 rings (SSSR count). The number of carbonyl (C=O) groups excluding carboxylic acids is 1. The van der Waals surface area contributed by atoms with Gasteiger partial charge >= 0.3 is 0 Å². The summed E-state index contributed by atoms with van der Waals surface area (Å²) in [5, 5.41) is 8.12. The molecule has 0 saturated heterocycles. The van der Waals surface area contributed by atoms with Crippen LogP contribution in [0.4, 0.5) is 5.82 Å². The quantitative estimate of drug-likeness (QED) is 0.691. The first-order valence-corrected chi connectivity index (χ1v) is 9.40. The molecule has 1 aromatic heterocycles. The fourth-order valence-electron chi connectivity index (χ4n) is 3.31. The molecule has 2 heterocycles. The van der Waals surface area contributed by atoms with Gasteiger partial charge in [0.2, 0.25) is 5.91 Å². The van der Waals surface area contributed by atoms with Gasteiger partial charge in [-0.25, -0.2) is 4.68 Å². The highest BCUT2D eigenvalue weighted by atomic mass is 35.5. The van der Waals surface area contributed by atoms with Crippen molar-refractivity contribution >= 4 is 23.3 Å². The minimum atomic E-state index is -0.0324. The van der Waals surface area contributed by atoms with Crippen LogP contribution < -0.4 is 10.1 Å². The van der Waals surface area contributed by atoms with Crippen molar-refractivity contribution in [1.29, 1.82) is 0 Å². The van der Waals surface area contributed by atoms with Crippen molar-refractivity contribution in [2.45, 2.75) is 25.7 Å². The van der Waals surface area contributed by atoms with E-state index in [1.54, 1.807) is 4.68 Å². The van der Waals surface area contributed by atoms with Crippen LogP contribution in [-0.2, 0) is 4.79 Å². The van der Waals surface area contributed by atoms with Crippen LogP contribution in [0, 0.1) is 0 Å². The first-order chi connectivity index (χ1) is 13.2. The van der Waals surface area contributed by atoms with Gasteiger partial charge in [-0.2, -0.15) is 5.10 Å². The van der Waals surface area contributed by atoms with Crippen LogP contribution in [0.3, 0.4) is 0 Å². The Balaban J connectivity index is 1.67. The van der Waals surface area contributed by atoms with E-state index in [0.717, 1.165) is 29.0 Å². The van der Waals surface area contributed by atoms with Gasteiger partial charge in [-0.1, -0.05) is 30.7 Å². The van der Waals surface area contributed by atoms with Gasteiger partial charge in [0.15, 0.2) is 0 Å². The van der Waals surface area contributed by atoms with E-state index in [0.29, 0.717) is 23.9 Å². The third kappa shape index (κ3) is 3.55. The maximum Gasteiger partial charge on any atom is 0.226 e. The predicted octanol–water partition coefficient (Wildman–Crippen LogP) is 4.79. The van der Waals surface area contributed by atoms with E-state index in [2.05, 4.69) is 17.3 Å². The number of hydrogen-bond acceptors (Lipinski definition) is 3. The lowest BCUT2D eigenvalue weighted by Crippen LogP contribution is -2.24. The summed E-state index contributed by atoms with van der Waals surface area (Å²) in [5.74, 6) is 1.51. The maximum atomic E-state index is 12.4. The standard InChI is InChI=1S/C21H20ClN3O2/c1-2-11-27-17-9-3-14(4-10-17)18-12-20(26)24-21-19(18)13-23-25(21)16-7-5-15(22)6-8-16/h3-10,13,18H,2,11-12H2,1H3,(H,24,26)/t18-/m1/s1. The third-order valence-corrected chi connectivity index (χ3v) is 4.90. The van der Waals surface area contributed by atoms with Crippen LogP contribution in [0.25, 0.3) is 5.69 Å². The second-order valence-corrected chi connectivity index (χ2v) is 7.00. The number of ether oxygens (including phenoxy) is 1. The molecule has 0 fully saturated rings. The average Bonchev–Trinajstić information content (AvgIpc) is 3.10. The van der Waals surface area contributed by atoms with Crippen LogP contribution in [0.15, 0.2) is 54.7 Å². The Morgan fingerprint density at radius 1 is 1.19 bits per heavy atom. The van der Waals surface area contributed by atoms with Crippen LogP contribution >= 0.6 is 11.6 Å². The van der Waals surface area contributed by atoms with Crippen molar-refractivity contribution in [2.24, 2.45) is 0 Å². The molecule has 2 aromatic carbocycles. The zero-order valence-corrected chi connectivity index (χ0v) is 15.7. The molecule has 0 aliphatic carbocycles. The molecule has 0 spiro atoms. The molecular weight excluding hydrogens is 362 g/mol. The van der Waals surface area contributed by atoms with Crippen LogP contribution in [0.5, 0.6) is 5.75 Å². The SMILES string of the molecule is CCCOc1ccc([C@H]2CC(=O)Nc3c2cnn3-c2ccc(Cl)cc2)cc1. The number of hydrogen-bond donors (Lipinski definition) is 1. The molecular formula is C21H20ClN3O2. The van der Waals surface area contributed by atoms with Crippen molar-refractivity contribution in [3.63, 3.8) is 0 Å². The first-order valence-electron chi connectivity index (χ1n) is 9.02. The lowest BCUT2D eigenvalue weighted by Gasteiger charge is -2.24. The summed E-state index contributed by atoms with van der Waals surface area (Å²) < 4.78 is 7.40. The summed E-state index contributed by atoms with van der Waals surface area (Å²) in [6.07, 6.45) is 3.20. The molecule has 6 heteroatoms. The van der Waals surface area contributed by atoms with Crippen LogP contribution in [-0.4, -0.2) is 22.3 Å². The Morgan fingerprint density at radius 2 is 1.93 bits per heavy atom. The highest BCUT2D eigenvalue weighted by Crippen LogP contribution is 2.38. The summed E-state index contributed by atoms with van der Waals surface area (Å²) in [4.78, 5) is 12.4. The second kappa shape index (κ2) is 7.45. The Labute approximate surface area is 162 Å². The van der Waals surface area contributed by atoms with Gasteiger partial charge in [-0.05, 0) is 48.4 Å². The van der Waals surface area contributed by atoms with Crippen molar-refractivity contribution in [2.75, 3.05) is 11.9 Å². The summed E-state index contributed by atoms with van der Waals surface area (Å²) in [7, 11) is 0. The Bertz CT molecular complexity index is 949. The summed E-state index contributed by atoms with van der Waals surface area (Å²) in [6.45, 7) is 2.78. The van der Waals surface area contributed by atoms with Gasteiger partial charge in [-0.3, -0.25) is 4.79 Å². The van der Waals surface area contributed by atoms with Gasteiger partial charge in [0.25, 0.3) is 0 Å². The molecule has 3 aromatic rings. The molecule has 0 radical (unpaired) electrons. The summed E-state index contributed by atoms with van der Waals surface area (Å²) in [6, 6.07) is 15.3. The van der Waals surface area contributed by atoms with E-state index < -0.39 is 0 Å². The fraction of sp³-hybridized carbons (Fsp3) is 0.238. The van der Waals surface area contributed by atoms with E-state index in [1.807, 2.05) is 54.7 Å². The van der Waals surface area contributed by atoms with Gasteiger partial charge in [-0.15, -0.1) is 0 Å². The molecule has 1 amide bonds. The van der Waals surface area contributed by atoms with Crippen molar-refractivity contribution < 1.29 is 9.53 Å². The number of amides is 1. The largest absolute Gasteiger partial charge is 0.494 e. The normalized spacial score (nSPS) is 15.9. The molecule has 1 aliphatic rings. The molecule has 27 heavy (non-hydrogen) atoms. The number of aromatic nitrogens is 2. The minimum absolute atomic E-state index is 0.0190. The van der Waals surface area contributed by atoms with Gasteiger partial charge in [0, 0.05) is 22.9 Å². The molecule has 138 valence electrons. The minimum Gasteiger partial charge on any atom is -0.494 e. The number of nitrogens with one attached hydrogen (secondary N) is 1. The van der Waals surface area contributed by atoms with E-state index >= 15 is 0 Å². The molecule has 0 unspecified atom stereocenters. The van der Waals surface area contributed by atoms with Crippen molar-refractivity contribution in [1.82, 2.24) is 9.78 Å². The molecule has 0 saturated carbocycles. The third-order valence-electron chi connectivity index (χ3n) is 4.65. The van der Waals surface area contributed by atoms with Crippen molar-refractivity contribution in [3.05, 3.63) is 70.9 Å². The van der Waals surface area contributed by atoms with Gasteiger partial charge in [0.1, 0.15) is 11.6 Å². The highest BCUT2D eigenvalue weighted by molar-refractivity contribution is 6.30. The number of nitrogens with zero attached hydrogens (tertiary/aromatic N) is 2. The lowest BCUT2D eigenvalue weighted by molar-refractivity contribution is -0.116. The monoisotopic (exact) mass is 381 g/mol.